The second-order valence-corrected chi connectivity index (χ2v) is 18.8. The highest BCUT2D eigenvalue weighted by Crippen LogP contribution is 2.48. The van der Waals surface area contributed by atoms with Gasteiger partial charge in [-0.25, -0.2) is 0 Å². The molecule has 2 nitrogen and oxygen atoms in total. The molecule has 0 amide bonds. The molecule has 0 spiro atoms. The molecule has 14 rings (SSSR count). The molecule has 0 unspecified atom stereocenters. The van der Waals surface area contributed by atoms with Gasteiger partial charge in [0, 0.05) is 32.9 Å². The van der Waals surface area contributed by atoms with Crippen LogP contribution in [0.3, 0.4) is 0 Å². The second kappa shape index (κ2) is 17.2. The molecule has 14 aromatic rings. The normalized spacial score (nSPS) is 11.8. The smallest absolute Gasteiger partial charge is 0.0546 e. The summed E-state index contributed by atoms with van der Waals surface area (Å²) >= 11 is 0. The lowest BCUT2D eigenvalue weighted by atomic mass is 9.96. The fourth-order valence-corrected chi connectivity index (χ4v) is 11.4. The minimum absolute atomic E-state index is 1.10. The molecule has 14 aromatic carbocycles. The van der Waals surface area contributed by atoms with E-state index in [0.29, 0.717) is 0 Å². The Morgan fingerprint density at radius 2 is 0.403 bits per heavy atom. The third-order valence-corrected chi connectivity index (χ3v) is 14.7. The summed E-state index contributed by atoms with van der Waals surface area (Å²) in [4.78, 5) is 4.94. The van der Waals surface area contributed by atoms with Crippen molar-refractivity contribution in [2.24, 2.45) is 0 Å². The van der Waals surface area contributed by atoms with Crippen LogP contribution < -0.4 is 9.80 Å². The molecule has 0 fully saturated rings. The van der Waals surface area contributed by atoms with Crippen molar-refractivity contribution >= 4 is 132 Å². The first kappa shape index (κ1) is 41.5. The van der Waals surface area contributed by atoms with Crippen molar-refractivity contribution in [3.63, 3.8) is 0 Å². The molecule has 0 heterocycles. The molecule has 72 heavy (non-hydrogen) atoms. The average Bonchev–Trinajstić information content (AvgIpc) is 3.45. The van der Waals surface area contributed by atoms with Crippen LogP contribution in [0.15, 0.2) is 267 Å². The topological polar surface area (TPSA) is 6.48 Å². The molecular formula is C70H46N2. The zero-order chi connectivity index (χ0) is 47.5. The minimum atomic E-state index is 1.10. The van der Waals surface area contributed by atoms with E-state index < -0.39 is 0 Å². The first-order chi connectivity index (χ1) is 35.7. The zero-order valence-corrected chi connectivity index (χ0v) is 39.5. The number of fused-ring (bicyclic) bond motifs is 12. The molecular weight excluding hydrogens is 869 g/mol. The van der Waals surface area contributed by atoms with Gasteiger partial charge in [0.05, 0.1) is 22.7 Å². The van der Waals surface area contributed by atoms with Crippen LogP contribution in [0.5, 0.6) is 0 Å². The maximum absolute atomic E-state index is 2.47. The van der Waals surface area contributed by atoms with E-state index >= 15 is 0 Å². The summed E-state index contributed by atoms with van der Waals surface area (Å²) in [6.45, 7) is 0. The van der Waals surface area contributed by atoms with Gasteiger partial charge in [0.25, 0.3) is 0 Å². The van der Waals surface area contributed by atoms with E-state index in [1.54, 1.807) is 0 Å². The van der Waals surface area contributed by atoms with Gasteiger partial charge in [0.2, 0.25) is 0 Å². The number of benzene rings is 14. The van der Waals surface area contributed by atoms with Crippen LogP contribution in [0.25, 0.3) is 98.3 Å². The van der Waals surface area contributed by atoms with Crippen LogP contribution >= 0.6 is 0 Å². The molecule has 0 radical (unpaired) electrons. The predicted octanol–water partition coefficient (Wildman–Crippen LogP) is 20.0. The van der Waals surface area contributed by atoms with Crippen molar-refractivity contribution in [2.45, 2.75) is 0 Å². The molecule has 0 bridgehead atoms. The Morgan fingerprint density at radius 1 is 0.194 bits per heavy atom. The number of nitrogens with zero attached hydrogens (tertiary/aromatic N) is 2. The molecule has 0 atom stereocenters. The molecule has 0 saturated heterocycles. The van der Waals surface area contributed by atoms with Crippen LogP contribution in [-0.4, -0.2) is 0 Å². The van der Waals surface area contributed by atoms with Gasteiger partial charge < -0.3 is 9.80 Å². The third-order valence-electron chi connectivity index (χ3n) is 14.7. The quantitative estimate of drug-likeness (QED) is 0.111. The average molecular weight is 915 g/mol. The summed E-state index contributed by atoms with van der Waals surface area (Å²) in [7, 11) is 0. The van der Waals surface area contributed by atoms with E-state index in [2.05, 4.69) is 289 Å². The highest BCUT2D eigenvalue weighted by Gasteiger charge is 2.22. The molecule has 336 valence electrons. The minimum Gasteiger partial charge on any atom is -0.309 e. The van der Waals surface area contributed by atoms with Crippen molar-refractivity contribution in [3.8, 4) is 0 Å². The summed E-state index contributed by atoms with van der Waals surface area (Å²) in [6, 6.07) is 97.9. The molecule has 0 aliphatic carbocycles. The van der Waals surface area contributed by atoms with Crippen LogP contribution in [0.4, 0.5) is 34.1 Å². The van der Waals surface area contributed by atoms with E-state index in [1.807, 2.05) is 0 Å². The molecule has 0 saturated carbocycles. The molecule has 0 aromatic heterocycles. The third kappa shape index (κ3) is 6.95. The van der Waals surface area contributed by atoms with Crippen molar-refractivity contribution < 1.29 is 0 Å². The predicted molar refractivity (Wildman–Crippen MR) is 311 cm³/mol. The Kier molecular flexibility index (Phi) is 9.89. The summed E-state index contributed by atoms with van der Waals surface area (Å²) in [5, 5.41) is 19.7. The van der Waals surface area contributed by atoms with Crippen LogP contribution in [-0.2, 0) is 0 Å². The number of hydrogen-bond donors (Lipinski definition) is 0. The van der Waals surface area contributed by atoms with Gasteiger partial charge >= 0.3 is 0 Å². The van der Waals surface area contributed by atoms with Gasteiger partial charge in [-0.3, -0.25) is 0 Å². The number of anilines is 6. The lowest BCUT2D eigenvalue weighted by molar-refractivity contribution is 1.32. The summed E-state index contributed by atoms with van der Waals surface area (Å²) in [5.41, 5.74) is 9.04. The van der Waals surface area contributed by atoms with Gasteiger partial charge in [-0.1, -0.05) is 231 Å². The lowest BCUT2D eigenvalue weighted by Crippen LogP contribution is -2.11. The van der Waals surface area contributed by atoms with Gasteiger partial charge in [-0.2, -0.15) is 0 Å². The van der Waals surface area contributed by atoms with Crippen molar-refractivity contribution in [3.05, 3.63) is 278 Å². The van der Waals surface area contributed by atoms with Crippen molar-refractivity contribution in [1.82, 2.24) is 0 Å². The fourth-order valence-electron chi connectivity index (χ4n) is 11.4. The Labute approximate surface area is 418 Å². The van der Waals surface area contributed by atoms with Crippen molar-refractivity contribution in [1.29, 1.82) is 0 Å². The molecule has 0 aliphatic heterocycles. The molecule has 2 heteroatoms. The highest BCUT2D eigenvalue weighted by atomic mass is 15.2. The number of hydrogen-bond acceptors (Lipinski definition) is 2. The van der Waals surface area contributed by atoms with Crippen molar-refractivity contribution in [2.75, 3.05) is 9.80 Å². The number of rotatable bonds is 8. The summed E-state index contributed by atoms with van der Waals surface area (Å²) in [5.74, 6) is 0. The Bertz CT molecular complexity index is 3930. The van der Waals surface area contributed by atoms with Gasteiger partial charge in [-0.15, -0.1) is 0 Å². The summed E-state index contributed by atoms with van der Waals surface area (Å²) in [6.07, 6.45) is 4.46. The van der Waals surface area contributed by atoms with Crippen LogP contribution in [0, 0.1) is 0 Å². The van der Waals surface area contributed by atoms with Gasteiger partial charge in [-0.05, 0) is 124 Å². The van der Waals surface area contributed by atoms with E-state index in [4.69, 9.17) is 0 Å². The van der Waals surface area contributed by atoms with E-state index in [9.17, 15) is 0 Å². The van der Waals surface area contributed by atoms with E-state index in [0.717, 1.165) is 45.3 Å². The zero-order valence-electron chi connectivity index (χ0n) is 39.5. The van der Waals surface area contributed by atoms with Gasteiger partial charge in [0.1, 0.15) is 0 Å². The Hall–Kier alpha value is -9.50. The Morgan fingerprint density at radius 3 is 0.653 bits per heavy atom. The first-order valence-corrected chi connectivity index (χ1v) is 24.8. The monoisotopic (exact) mass is 914 g/mol. The molecule has 0 N–H and O–H groups in total. The van der Waals surface area contributed by atoms with Crippen LogP contribution in [0.1, 0.15) is 11.1 Å². The highest BCUT2D eigenvalue weighted by molar-refractivity contribution is 6.20. The standard InChI is InChI=1S/C70H46N2/c1-5-21-55-49(17-1)43-67(63-29-13-9-25-59(55)63)71(68-44-50-18-2-6-22-56(50)60-26-10-14-30-64(60)68)53-39-35-47(36-40-53)33-34-48-37-41-54(42-38-48)72(69-45-51-19-3-7-23-57(51)61-27-11-15-31-65(61)69)70-46-52-20-4-8-24-58(52)62-28-12-16-32-66(62)70/h1-46H/b34-33+. The molecule has 0 aliphatic rings. The first-order valence-electron chi connectivity index (χ1n) is 24.8. The van der Waals surface area contributed by atoms with E-state index in [-0.39, 0.29) is 0 Å². The SMILES string of the molecule is C(=C\c1ccc(N(c2cc3ccccc3c3ccccc23)c2cc3ccccc3c3ccccc23)cc1)/c1ccc(N(c2cc3ccccc3c3ccccc23)c2cc3ccccc3c3ccccc23)cc1. The van der Waals surface area contributed by atoms with Crippen LogP contribution in [0.2, 0.25) is 0 Å². The second-order valence-electron chi connectivity index (χ2n) is 18.8. The maximum atomic E-state index is 2.47. The Balaban J connectivity index is 0.871. The largest absolute Gasteiger partial charge is 0.309 e. The lowest BCUT2D eigenvalue weighted by Gasteiger charge is -2.29. The van der Waals surface area contributed by atoms with Gasteiger partial charge in [0.15, 0.2) is 0 Å². The maximum Gasteiger partial charge on any atom is 0.0546 e. The fraction of sp³-hybridized carbons (Fsp3) is 0. The summed E-state index contributed by atoms with van der Waals surface area (Å²) < 4.78 is 0. The van der Waals surface area contributed by atoms with E-state index in [1.165, 1.54) is 86.2 Å².